The fourth-order valence-corrected chi connectivity index (χ4v) is 3.63. The fourth-order valence-electron chi connectivity index (χ4n) is 2.82. The van der Waals surface area contributed by atoms with Gasteiger partial charge < -0.3 is 9.15 Å². The van der Waals surface area contributed by atoms with E-state index in [1.54, 1.807) is 31.2 Å². The van der Waals surface area contributed by atoms with Gasteiger partial charge in [0.2, 0.25) is 0 Å². The largest absolute Gasteiger partial charge is 0.464 e. The van der Waals surface area contributed by atoms with Crippen LogP contribution in [0.4, 0.5) is 10.5 Å². The van der Waals surface area contributed by atoms with E-state index in [2.05, 4.69) is 0 Å². The lowest BCUT2D eigenvalue weighted by Gasteiger charge is -2.11. The Morgan fingerprint density at radius 3 is 2.77 bits per heavy atom. The van der Waals surface area contributed by atoms with Gasteiger partial charge in [-0.3, -0.25) is 29.4 Å². The van der Waals surface area contributed by atoms with Crippen LogP contribution in [0.15, 0.2) is 39.7 Å². The number of nitro groups is 1. The predicted molar refractivity (Wildman–Crippen MR) is 114 cm³/mol. The van der Waals surface area contributed by atoms with Crippen molar-refractivity contribution in [1.82, 2.24) is 4.90 Å². The van der Waals surface area contributed by atoms with Crippen LogP contribution in [0.3, 0.4) is 0 Å². The number of carbonyl (C=O) groups is 3. The molecule has 2 amide bonds. The quantitative estimate of drug-likeness (QED) is 0.191. The third-order valence-corrected chi connectivity index (χ3v) is 5.42. The number of nitro benzene ring substituents is 1. The highest BCUT2D eigenvalue weighted by Crippen LogP contribution is 2.34. The highest BCUT2D eigenvalue weighted by molar-refractivity contribution is 8.18. The van der Waals surface area contributed by atoms with Gasteiger partial charge in [-0.2, -0.15) is 0 Å². The first kappa shape index (κ1) is 22.3. The normalized spacial score (nSPS) is 15.0. The van der Waals surface area contributed by atoms with Gasteiger partial charge >= 0.3 is 5.97 Å². The summed E-state index contributed by atoms with van der Waals surface area (Å²) >= 11 is 0.702. The summed E-state index contributed by atoms with van der Waals surface area (Å²) < 4.78 is 10.7. The van der Waals surface area contributed by atoms with Crippen LogP contribution in [0.25, 0.3) is 17.4 Å². The summed E-state index contributed by atoms with van der Waals surface area (Å²) in [5.74, 6) is -0.563. The third kappa shape index (κ3) is 5.21. The number of rotatable bonds is 8. The Balaban J connectivity index is 1.73. The molecule has 1 aliphatic heterocycles. The molecule has 1 saturated heterocycles. The number of nitrogens with zero attached hydrogens (tertiary/aromatic N) is 2. The fraction of sp³-hybridized carbons (Fsp3) is 0.286. The monoisotopic (exact) mass is 444 g/mol. The zero-order valence-electron chi connectivity index (χ0n) is 17.0. The van der Waals surface area contributed by atoms with Crippen LogP contribution in [-0.4, -0.2) is 40.1 Å². The van der Waals surface area contributed by atoms with Crippen molar-refractivity contribution in [2.45, 2.75) is 26.7 Å². The summed E-state index contributed by atoms with van der Waals surface area (Å²) in [4.78, 5) is 48.1. The number of aryl methyl sites for hydroxylation is 1. The Bertz CT molecular complexity index is 1070. The maximum absolute atomic E-state index is 12.5. The minimum absolute atomic E-state index is 0.0256. The Morgan fingerprint density at radius 1 is 1.29 bits per heavy atom. The topological polar surface area (TPSA) is 120 Å². The van der Waals surface area contributed by atoms with Crippen molar-refractivity contribution in [1.29, 1.82) is 0 Å². The molecule has 2 aromatic rings. The maximum Gasteiger partial charge on any atom is 0.326 e. The summed E-state index contributed by atoms with van der Waals surface area (Å²) in [6, 6.07) is 7.95. The lowest BCUT2D eigenvalue weighted by atomic mass is 10.1. The van der Waals surface area contributed by atoms with Gasteiger partial charge in [-0.05, 0) is 37.2 Å². The second-order valence-corrected chi connectivity index (χ2v) is 7.80. The molecule has 2 heterocycles. The highest BCUT2D eigenvalue weighted by atomic mass is 32.2. The van der Waals surface area contributed by atoms with E-state index in [1.807, 2.05) is 6.92 Å². The Hall–Kier alpha value is -3.40. The van der Waals surface area contributed by atoms with Crippen LogP contribution in [0.2, 0.25) is 0 Å². The molecule has 9 nitrogen and oxygen atoms in total. The molecule has 1 aromatic heterocycles. The molecule has 0 spiro atoms. The highest BCUT2D eigenvalue weighted by Gasteiger charge is 2.37. The van der Waals surface area contributed by atoms with Crippen LogP contribution in [-0.2, 0) is 14.3 Å². The summed E-state index contributed by atoms with van der Waals surface area (Å²) in [7, 11) is 0. The predicted octanol–water partition coefficient (Wildman–Crippen LogP) is 4.54. The van der Waals surface area contributed by atoms with Crippen molar-refractivity contribution in [3.8, 4) is 11.3 Å². The first-order valence-electron chi connectivity index (χ1n) is 9.56. The molecule has 0 unspecified atom stereocenters. The van der Waals surface area contributed by atoms with E-state index in [4.69, 9.17) is 9.15 Å². The van der Waals surface area contributed by atoms with Gasteiger partial charge in [-0.25, -0.2) is 0 Å². The average Bonchev–Trinajstić information content (AvgIpc) is 3.29. The SMILES string of the molecule is CCCCOC(=O)CN1C(=O)S/C(=C/c2ccc(-c3ccc(C)c([N+](=O)[O-])c3)o2)C1=O. The van der Waals surface area contributed by atoms with Gasteiger partial charge in [-0.1, -0.05) is 25.5 Å². The number of amides is 2. The van der Waals surface area contributed by atoms with Crippen LogP contribution < -0.4 is 0 Å². The van der Waals surface area contributed by atoms with E-state index in [9.17, 15) is 24.5 Å². The summed E-state index contributed by atoms with van der Waals surface area (Å²) in [6.07, 6.45) is 2.97. The molecule has 1 fully saturated rings. The van der Waals surface area contributed by atoms with E-state index in [1.165, 1.54) is 12.1 Å². The molecule has 0 saturated carbocycles. The molecule has 0 atom stereocenters. The molecule has 3 rings (SSSR count). The standard InChI is InChI=1S/C21H20N2O7S/c1-3-4-9-29-19(24)12-22-20(25)18(31-21(22)26)11-15-7-8-17(30-15)14-6-5-13(2)16(10-14)23(27)28/h5-8,10-11H,3-4,9,12H2,1-2H3/b18-11+. The van der Waals surface area contributed by atoms with E-state index < -0.39 is 28.6 Å². The van der Waals surface area contributed by atoms with Crippen LogP contribution >= 0.6 is 11.8 Å². The van der Waals surface area contributed by atoms with Crippen LogP contribution in [0, 0.1) is 17.0 Å². The number of hydrogen-bond donors (Lipinski definition) is 0. The average molecular weight is 444 g/mol. The van der Waals surface area contributed by atoms with Crippen molar-refractivity contribution in [2.24, 2.45) is 0 Å². The number of furan rings is 1. The molecule has 0 radical (unpaired) electrons. The molecule has 0 aliphatic carbocycles. The molecule has 0 bridgehead atoms. The zero-order valence-corrected chi connectivity index (χ0v) is 17.8. The number of carbonyl (C=O) groups excluding carboxylic acids is 3. The summed E-state index contributed by atoms with van der Waals surface area (Å²) in [5.41, 5.74) is 1.02. The summed E-state index contributed by atoms with van der Waals surface area (Å²) in [5, 5.41) is 10.6. The molecule has 162 valence electrons. The van der Waals surface area contributed by atoms with E-state index in [0.717, 1.165) is 11.3 Å². The molecule has 31 heavy (non-hydrogen) atoms. The third-order valence-electron chi connectivity index (χ3n) is 4.51. The molecular formula is C21H20N2O7S. The first-order valence-corrected chi connectivity index (χ1v) is 10.4. The Kier molecular flexibility index (Phi) is 6.91. The molecular weight excluding hydrogens is 424 g/mol. The number of imide groups is 1. The number of hydrogen-bond acceptors (Lipinski definition) is 8. The van der Waals surface area contributed by atoms with Gasteiger partial charge in [0.05, 0.1) is 16.4 Å². The lowest BCUT2D eigenvalue weighted by molar-refractivity contribution is -0.385. The van der Waals surface area contributed by atoms with E-state index in [0.29, 0.717) is 40.8 Å². The van der Waals surface area contributed by atoms with Gasteiger partial charge in [-0.15, -0.1) is 0 Å². The Morgan fingerprint density at radius 2 is 2.06 bits per heavy atom. The van der Waals surface area contributed by atoms with Crippen LogP contribution in [0.1, 0.15) is 31.1 Å². The molecule has 1 aromatic carbocycles. The minimum atomic E-state index is -0.641. The van der Waals surface area contributed by atoms with Gasteiger partial charge in [0.25, 0.3) is 16.8 Å². The molecule has 10 heteroatoms. The van der Waals surface area contributed by atoms with Crippen molar-refractivity contribution < 1.29 is 28.5 Å². The number of unbranched alkanes of at least 4 members (excludes halogenated alkanes) is 1. The van der Waals surface area contributed by atoms with Crippen molar-refractivity contribution in [3.63, 3.8) is 0 Å². The first-order chi connectivity index (χ1) is 14.8. The second kappa shape index (κ2) is 9.61. The van der Waals surface area contributed by atoms with Crippen molar-refractivity contribution >= 4 is 40.6 Å². The minimum Gasteiger partial charge on any atom is -0.464 e. The van der Waals surface area contributed by atoms with E-state index in [-0.39, 0.29) is 17.2 Å². The van der Waals surface area contributed by atoms with E-state index >= 15 is 0 Å². The van der Waals surface area contributed by atoms with Gasteiger partial charge in [0.1, 0.15) is 18.1 Å². The lowest BCUT2D eigenvalue weighted by Crippen LogP contribution is -2.34. The Labute approximate surface area is 182 Å². The number of benzene rings is 1. The maximum atomic E-state index is 12.5. The van der Waals surface area contributed by atoms with Crippen LogP contribution in [0.5, 0.6) is 0 Å². The smallest absolute Gasteiger partial charge is 0.326 e. The molecule has 0 N–H and O–H groups in total. The molecule has 1 aliphatic rings. The number of ether oxygens (including phenoxy) is 1. The van der Waals surface area contributed by atoms with Crippen molar-refractivity contribution in [2.75, 3.05) is 13.2 Å². The zero-order chi connectivity index (χ0) is 22.5. The summed E-state index contributed by atoms with van der Waals surface area (Å²) in [6.45, 7) is 3.40. The number of esters is 1. The van der Waals surface area contributed by atoms with Gasteiger partial charge in [0.15, 0.2) is 0 Å². The second-order valence-electron chi connectivity index (χ2n) is 6.80. The van der Waals surface area contributed by atoms with Crippen molar-refractivity contribution in [3.05, 3.63) is 56.7 Å². The number of thioether (sulfide) groups is 1. The van der Waals surface area contributed by atoms with Gasteiger partial charge in [0, 0.05) is 23.3 Å².